The Bertz CT molecular complexity index is 961. The van der Waals surface area contributed by atoms with Crippen molar-refractivity contribution in [3.8, 4) is 11.5 Å². The quantitative estimate of drug-likeness (QED) is 0.815. The molecule has 1 aromatic heterocycles. The van der Waals surface area contributed by atoms with E-state index in [0.29, 0.717) is 16.8 Å². The van der Waals surface area contributed by atoms with Gasteiger partial charge >= 0.3 is 0 Å². The van der Waals surface area contributed by atoms with Crippen LogP contribution < -0.4 is 10.3 Å². The summed E-state index contributed by atoms with van der Waals surface area (Å²) in [7, 11) is 0. The van der Waals surface area contributed by atoms with Crippen LogP contribution in [0.25, 0.3) is 17.0 Å². The lowest BCUT2D eigenvalue weighted by Crippen LogP contribution is -2.50. The molecule has 1 aromatic carbocycles. The molecule has 4 bridgehead atoms. The summed E-state index contributed by atoms with van der Waals surface area (Å²) >= 11 is 0. The number of fused-ring (bicyclic) bond motifs is 3. The van der Waals surface area contributed by atoms with Crippen LogP contribution in [0, 0.1) is 29.6 Å². The summed E-state index contributed by atoms with van der Waals surface area (Å²) in [5.41, 5.74) is 1.24. The molecule has 4 saturated carbocycles. The highest BCUT2D eigenvalue weighted by Crippen LogP contribution is 2.58. The van der Waals surface area contributed by atoms with E-state index in [1.54, 1.807) is 0 Å². The Hall–Kier alpha value is -2.23. The van der Waals surface area contributed by atoms with Crippen molar-refractivity contribution < 1.29 is 9.84 Å². The third-order valence-electron chi connectivity index (χ3n) is 7.39. The maximum Gasteiger partial charge on any atom is 0.252 e. The molecule has 5 aliphatic rings. The molecule has 1 aliphatic heterocycles. The first-order valence-electron chi connectivity index (χ1n) is 9.89. The number of aromatic hydroxyl groups is 1. The summed E-state index contributed by atoms with van der Waals surface area (Å²) in [4.78, 5) is 14.6. The van der Waals surface area contributed by atoms with Crippen LogP contribution in [0.5, 0.6) is 11.5 Å². The summed E-state index contributed by atoms with van der Waals surface area (Å²) in [6, 6.07) is 4.99. The molecular formula is C22H23NO3. The van der Waals surface area contributed by atoms with Crippen molar-refractivity contribution in [3.05, 3.63) is 40.2 Å². The van der Waals surface area contributed by atoms with Crippen LogP contribution in [0.4, 0.5) is 0 Å². The molecule has 4 nitrogen and oxygen atoms in total. The molecule has 4 fully saturated rings. The van der Waals surface area contributed by atoms with E-state index in [0.717, 1.165) is 35.0 Å². The third kappa shape index (κ3) is 2.04. The zero-order valence-corrected chi connectivity index (χ0v) is 14.7. The number of ether oxygens (including phenoxy) is 1. The molecule has 0 saturated heterocycles. The molecule has 0 amide bonds. The fraction of sp³-hybridized carbons (Fsp3) is 0.500. The van der Waals surface area contributed by atoms with E-state index in [4.69, 9.17) is 4.74 Å². The number of rotatable bonds is 1. The Morgan fingerprint density at radius 1 is 1.04 bits per heavy atom. The average molecular weight is 349 g/mol. The molecule has 7 rings (SSSR count). The maximum atomic E-state index is 11.8. The molecule has 0 spiro atoms. The topological polar surface area (TPSA) is 62.3 Å². The number of aromatic amines is 1. The van der Waals surface area contributed by atoms with Gasteiger partial charge in [-0.15, -0.1) is 0 Å². The van der Waals surface area contributed by atoms with E-state index < -0.39 is 0 Å². The number of pyridine rings is 1. The van der Waals surface area contributed by atoms with E-state index in [1.807, 2.05) is 12.1 Å². The predicted molar refractivity (Wildman–Crippen MR) is 100 cm³/mol. The number of hydrogen-bond donors (Lipinski definition) is 2. The molecule has 1 atom stereocenters. The molecule has 134 valence electrons. The van der Waals surface area contributed by atoms with Crippen molar-refractivity contribution in [2.45, 2.75) is 38.2 Å². The third-order valence-corrected chi connectivity index (χ3v) is 7.39. The highest BCUT2D eigenvalue weighted by Gasteiger charge is 2.51. The number of benzene rings is 1. The number of nitrogens with one attached hydrogen (secondary N) is 1. The highest BCUT2D eigenvalue weighted by atomic mass is 16.5. The smallest absolute Gasteiger partial charge is 0.252 e. The lowest BCUT2D eigenvalue weighted by Gasteiger charge is -2.56. The van der Waals surface area contributed by atoms with E-state index in [-0.39, 0.29) is 17.4 Å². The number of H-pyrrole nitrogens is 1. The Kier molecular flexibility index (Phi) is 2.95. The summed E-state index contributed by atoms with van der Waals surface area (Å²) in [5, 5.41) is 10.7. The van der Waals surface area contributed by atoms with Crippen molar-refractivity contribution in [1.82, 2.24) is 4.98 Å². The zero-order valence-electron chi connectivity index (χ0n) is 14.7. The van der Waals surface area contributed by atoms with Crippen molar-refractivity contribution in [2.24, 2.45) is 29.6 Å². The monoisotopic (exact) mass is 349 g/mol. The largest absolute Gasteiger partial charge is 0.507 e. The van der Waals surface area contributed by atoms with E-state index in [2.05, 4.69) is 17.1 Å². The number of hydrogen-bond acceptors (Lipinski definition) is 3. The van der Waals surface area contributed by atoms with Crippen molar-refractivity contribution in [3.63, 3.8) is 0 Å². The van der Waals surface area contributed by atoms with Gasteiger partial charge < -0.3 is 14.8 Å². The second kappa shape index (κ2) is 5.15. The van der Waals surface area contributed by atoms with Crippen LogP contribution in [0.15, 0.2) is 29.1 Å². The lowest BCUT2D eigenvalue weighted by atomic mass is 9.51. The molecule has 1 unspecified atom stereocenters. The van der Waals surface area contributed by atoms with Gasteiger partial charge in [0.1, 0.15) is 17.6 Å². The molecule has 4 aliphatic carbocycles. The van der Waals surface area contributed by atoms with E-state index >= 15 is 0 Å². The van der Waals surface area contributed by atoms with Gasteiger partial charge in [-0.25, -0.2) is 0 Å². The Morgan fingerprint density at radius 2 is 1.77 bits per heavy atom. The standard InChI is InChI=1S/C22H23NO3/c24-17-10-20(25)23-22-15(17)1-3-18-16(22)2-4-19(26-18)21-13-6-11-5-12(8-13)9-14(21)7-11/h1-4,10-14,19,21H,5-9H2,(H2,23,24,25). The summed E-state index contributed by atoms with van der Waals surface area (Å²) < 4.78 is 6.46. The molecule has 2 aromatic rings. The first kappa shape index (κ1) is 14.9. The van der Waals surface area contributed by atoms with Crippen LogP contribution in [0.2, 0.25) is 0 Å². The van der Waals surface area contributed by atoms with Crippen LogP contribution >= 0.6 is 0 Å². The summed E-state index contributed by atoms with van der Waals surface area (Å²) in [6.07, 6.45) is 11.4. The Morgan fingerprint density at radius 3 is 2.50 bits per heavy atom. The minimum atomic E-state index is -0.292. The van der Waals surface area contributed by atoms with Gasteiger partial charge in [-0.1, -0.05) is 0 Å². The second-order valence-corrected chi connectivity index (χ2v) is 8.87. The van der Waals surface area contributed by atoms with Crippen LogP contribution in [-0.2, 0) is 0 Å². The molecule has 0 radical (unpaired) electrons. The summed E-state index contributed by atoms with van der Waals surface area (Å²) in [5.74, 6) is 5.02. The van der Waals surface area contributed by atoms with Crippen molar-refractivity contribution >= 4 is 17.0 Å². The van der Waals surface area contributed by atoms with Crippen LogP contribution in [0.3, 0.4) is 0 Å². The fourth-order valence-corrected chi connectivity index (χ4v) is 6.67. The zero-order chi connectivity index (χ0) is 17.4. The second-order valence-electron chi connectivity index (χ2n) is 8.87. The van der Waals surface area contributed by atoms with Crippen LogP contribution in [0.1, 0.15) is 37.7 Å². The van der Waals surface area contributed by atoms with Crippen molar-refractivity contribution in [1.29, 1.82) is 0 Å². The molecule has 2 heterocycles. The van der Waals surface area contributed by atoms with Gasteiger partial charge in [0.2, 0.25) is 0 Å². The minimum Gasteiger partial charge on any atom is -0.507 e. The lowest BCUT2D eigenvalue weighted by molar-refractivity contribution is -0.0705. The van der Waals surface area contributed by atoms with Gasteiger partial charge in [-0.05, 0) is 80.1 Å². The van der Waals surface area contributed by atoms with E-state index in [1.165, 1.54) is 38.2 Å². The number of aromatic nitrogens is 1. The van der Waals surface area contributed by atoms with Gasteiger partial charge in [0, 0.05) is 22.9 Å². The van der Waals surface area contributed by atoms with Gasteiger partial charge in [0.15, 0.2) is 0 Å². The van der Waals surface area contributed by atoms with Gasteiger partial charge in [0.05, 0.1) is 5.52 Å². The molecular weight excluding hydrogens is 326 g/mol. The normalized spacial score (nSPS) is 36.9. The maximum absolute atomic E-state index is 11.8. The highest BCUT2D eigenvalue weighted by molar-refractivity contribution is 5.93. The fourth-order valence-electron chi connectivity index (χ4n) is 6.67. The molecule has 2 N–H and O–H groups in total. The average Bonchev–Trinajstić information content (AvgIpc) is 2.60. The van der Waals surface area contributed by atoms with Crippen LogP contribution in [-0.4, -0.2) is 16.2 Å². The first-order valence-corrected chi connectivity index (χ1v) is 9.89. The first-order chi connectivity index (χ1) is 12.7. The van der Waals surface area contributed by atoms with Gasteiger partial charge in [0.25, 0.3) is 5.56 Å². The molecule has 4 heteroatoms. The Labute approximate surface area is 151 Å². The van der Waals surface area contributed by atoms with Gasteiger partial charge in [-0.2, -0.15) is 0 Å². The summed E-state index contributed by atoms with van der Waals surface area (Å²) in [6.45, 7) is 0. The predicted octanol–water partition coefficient (Wildman–Crippen LogP) is 4.08. The van der Waals surface area contributed by atoms with Crippen molar-refractivity contribution in [2.75, 3.05) is 0 Å². The van der Waals surface area contributed by atoms with E-state index in [9.17, 15) is 9.90 Å². The minimum absolute atomic E-state index is 0.0168. The molecule has 26 heavy (non-hydrogen) atoms. The van der Waals surface area contributed by atoms with Gasteiger partial charge in [-0.3, -0.25) is 4.79 Å². The Balaban J connectivity index is 1.39. The SMILES string of the molecule is O=c1cc(O)c2ccc3c(c2[nH]1)C=CC(C1C2CC4CC(C2)CC1C4)O3.